The van der Waals surface area contributed by atoms with Crippen LogP contribution < -0.4 is 10.6 Å². The van der Waals surface area contributed by atoms with Crippen LogP contribution in [0.15, 0.2) is 18.3 Å². The molecular weight excluding hydrogens is 206 g/mol. The Labute approximate surface area is 94.3 Å². The molecule has 0 fully saturated rings. The van der Waals surface area contributed by atoms with Gasteiger partial charge in [0.15, 0.2) is 0 Å². The molecule has 0 bridgehead atoms. The standard InChI is InChI=1S/C11H15N3O2/c1-8-3-4-10(13-7-8)14-11(16)12-6-5-9(2)15/h3-4,7H,5-6H2,1-2H3,(H2,12,13,14,16). The summed E-state index contributed by atoms with van der Waals surface area (Å²) in [5.74, 6) is 0.541. The van der Waals surface area contributed by atoms with Gasteiger partial charge < -0.3 is 5.32 Å². The van der Waals surface area contributed by atoms with E-state index in [0.717, 1.165) is 5.56 Å². The van der Waals surface area contributed by atoms with Crippen molar-refractivity contribution in [2.24, 2.45) is 0 Å². The molecule has 86 valence electrons. The number of hydrogen-bond donors (Lipinski definition) is 2. The molecule has 2 N–H and O–H groups in total. The molecule has 1 aromatic rings. The molecule has 0 aliphatic heterocycles. The van der Waals surface area contributed by atoms with Gasteiger partial charge in [-0.1, -0.05) is 6.07 Å². The molecule has 0 saturated carbocycles. The fourth-order valence-corrected chi connectivity index (χ4v) is 1.05. The largest absolute Gasteiger partial charge is 0.337 e. The van der Waals surface area contributed by atoms with Crippen LogP contribution in [0.1, 0.15) is 18.9 Å². The summed E-state index contributed by atoms with van der Waals surface area (Å²) in [6, 6.07) is 3.23. The van der Waals surface area contributed by atoms with Crippen LogP contribution in [0.5, 0.6) is 0 Å². The molecule has 1 rings (SSSR count). The molecule has 0 aromatic carbocycles. The van der Waals surface area contributed by atoms with Gasteiger partial charge in [0, 0.05) is 19.2 Å². The minimum absolute atomic E-state index is 0.0498. The van der Waals surface area contributed by atoms with E-state index in [1.54, 1.807) is 12.3 Å². The highest BCUT2D eigenvalue weighted by molar-refractivity contribution is 5.88. The number of rotatable bonds is 4. The van der Waals surface area contributed by atoms with Crippen LogP contribution in [-0.4, -0.2) is 23.3 Å². The number of anilines is 1. The van der Waals surface area contributed by atoms with Crippen LogP contribution in [0.3, 0.4) is 0 Å². The molecule has 0 unspecified atom stereocenters. The van der Waals surface area contributed by atoms with Gasteiger partial charge in [-0.05, 0) is 25.5 Å². The molecule has 0 radical (unpaired) electrons. The summed E-state index contributed by atoms with van der Waals surface area (Å²) >= 11 is 0. The highest BCUT2D eigenvalue weighted by Gasteiger charge is 2.02. The molecule has 5 nitrogen and oxygen atoms in total. The maximum atomic E-state index is 11.3. The number of urea groups is 1. The van der Waals surface area contributed by atoms with E-state index >= 15 is 0 Å². The Balaban J connectivity index is 2.34. The zero-order valence-corrected chi connectivity index (χ0v) is 9.41. The zero-order chi connectivity index (χ0) is 12.0. The first-order valence-electron chi connectivity index (χ1n) is 5.05. The van der Waals surface area contributed by atoms with Crippen LogP contribution in [-0.2, 0) is 4.79 Å². The molecule has 1 aromatic heterocycles. The summed E-state index contributed by atoms with van der Waals surface area (Å²) < 4.78 is 0. The minimum Gasteiger partial charge on any atom is -0.337 e. The van der Waals surface area contributed by atoms with Crippen molar-refractivity contribution >= 4 is 17.6 Å². The van der Waals surface area contributed by atoms with Crippen LogP contribution >= 0.6 is 0 Å². The Bertz CT molecular complexity index is 373. The summed E-state index contributed by atoms with van der Waals surface area (Å²) in [4.78, 5) is 26.0. The third-order valence-corrected chi connectivity index (χ3v) is 1.92. The van der Waals surface area contributed by atoms with E-state index in [1.165, 1.54) is 6.92 Å². The Morgan fingerprint density at radius 3 is 2.69 bits per heavy atom. The maximum Gasteiger partial charge on any atom is 0.320 e. The molecule has 2 amide bonds. The minimum atomic E-state index is -0.349. The summed E-state index contributed by atoms with van der Waals surface area (Å²) in [5, 5.41) is 5.14. The normalized spacial score (nSPS) is 9.62. The van der Waals surface area contributed by atoms with Crippen LogP contribution in [0.2, 0.25) is 0 Å². The zero-order valence-electron chi connectivity index (χ0n) is 9.41. The number of carbonyl (C=O) groups is 2. The molecule has 0 saturated heterocycles. The topological polar surface area (TPSA) is 71.1 Å². The number of aryl methyl sites for hydroxylation is 1. The van der Waals surface area contributed by atoms with Gasteiger partial charge in [0.2, 0.25) is 0 Å². The number of Topliss-reactive ketones (excluding diaryl/α,β-unsaturated/α-hetero) is 1. The van der Waals surface area contributed by atoms with Crippen molar-refractivity contribution in [1.82, 2.24) is 10.3 Å². The number of aromatic nitrogens is 1. The van der Waals surface area contributed by atoms with Crippen molar-refractivity contribution in [3.05, 3.63) is 23.9 Å². The van der Waals surface area contributed by atoms with Crippen molar-refractivity contribution in [3.63, 3.8) is 0 Å². The first kappa shape index (κ1) is 12.2. The lowest BCUT2D eigenvalue weighted by molar-refractivity contribution is -0.116. The molecule has 1 heterocycles. The van der Waals surface area contributed by atoms with Gasteiger partial charge in [-0.3, -0.25) is 10.1 Å². The highest BCUT2D eigenvalue weighted by Crippen LogP contribution is 2.02. The average Bonchev–Trinajstić information content (AvgIpc) is 2.21. The predicted molar refractivity (Wildman–Crippen MR) is 61.3 cm³/mol. The van der Waals surface area contributed by atoms with Gasteiger partial charge in [-0.25, -0.2) is 9.78 Å². The quantitative estimate of drug-likeness (QED) is 0.809. The van der Waals surface area contributed by atoms with E-state index in [2.05, 4.69) is 15.6 Å². The van der Waals surface area contributed by atoms with Crippen molar-refractivity contribution in [2.45, 2.75) is 20.3 Å². The maximum absolute atomic E-state index is 11.3. The lowest BCUT2D eigenvalue weighted by atomic mass is 10.3. The first-order valence-corrected chi connectivity index (χ1v) is 5.05. The van der Waals surface area contributed by atoms with Crippen LogP contribution in [0.4, 0.5) is 10.6 Å². The van der Waals surface area contributed by atoms with Gasteiger partial charge in [0.25, 0.3) is 0 Å². The second-order valence-electron chi connectivity index (χ2n) is 3.55. The van der Waals surface area contributed by atoms with E-state index in [1.807, 2.05) is 13.0 Å². The van der Waals surface area contributed by atoms with E-state index in [9.17, 15) is 9.59 Å². The first-order chi connectivity index (χ1) is 7.58. The second-order valence-corrected chi connectivity index (χ2v) is 3.55. The van der Waals surface area contributed by atoms with Crippen molar-refractivity contribution in [3.8, 4) is 0 Å². The summed E-state index contributed by atoms with van der Waals surface area (Å²) in [6.07, 6.45) is 2.01. The van der Waals surface area contributed by atoms with Gasteiger partial charge in [0.05, 0.1) is 0 Å². The summed E-state index contributed by atoms with van der Waals surface area (Å²) in [7, 11) is 0. The van der Waals surface area contributed by atoms with E-state index in [0.29, 0.717) is 18.8 Å². The molecule has 0 aliphatic rings. The fraction of sp³-hybridized carbons (Fsp3) is 0.364. The van der Waals surface area contributed by atoms with Crippen molar-refractivity contribution < 1.29 is 9.59 Å². The van der Waals surface area contributed by atoms with Crippen molar-refractivity contribution in [1.29, 1.82) is 0 Å². The molecule has 16 heavy (non-hydrogen) atoms. The molecule has 0 spiro atoms. The average molecular weight is 221 g/mol. The lowest BCUT2D eigenvalue weighted by Gasteiger charge is -2.05. The molecule has 5 heteroatoms. The number of nitrogens with zero attached hydrogens (tertiary/aromatic N) is 1. The molecular formula is C11H15N3O2. The van der Waals surface area contributed by atoms with Crippen LogP contribution in [0, 0.1) is 6.92 Å². The highest BCUT2D eigenvalue weighted by atomic mass is 16.2. The summed E-state index contributed by atoms with van der Waals surface area (Å²) in [5.41, 5.74) is 1.03. The van der Waals surface area contributed by atoms with Gasteiger partial charge in [-0.2, -0.15) is 0 Å². The number of ketones is 1. The summed E-state index contributed by atoms with van der Waals surface area (Å²) in [6.45, 7) is 3.75. The van der Waals surface area contributed by atoms with Gasteiger partial charge in [-0.15, -0.1) is 0 Å². The van der Waals surface area contributed by atoms with Gasteiger partial charge >= 0.3 is 6.03 Å². The van der Waals surface area contributed by atoms with E-state index in [4.69, 9.17) is 0 Å². The second kappa shape index (κ2) is 5.85. The van der Waals surface area contributed by atoms with Crippen LogP contribution in [0.25, 0.3) is 0 Å². The monoisotopic (exact) mass is 221 g/mol. The Kier molecular flexibility index (Phi) is 4.44. The molecule has 0 aliphatic carbocycles. The number of nitrogens with one attached hydrogen (secondary N) is 2. The number of pyridine rings is 1. The third kappa shape index (κ3) is 4.54. The predicted octanol–water partition coefficient (Wildman–Crippen LogP) is 1.49. The van der Waals surface area contributed by atoms with E-state index < -0.39 is 0 Å². The third-order valence-electron chi connectivity index (χ3n) is 1.92. The number of carbonyl (C=O) groups excluding carboxylic acids is 2. The molecule has 0 atom stereocenters. The van der Waals surface area contributed by atoms with Gasteiger partial charge in [0.1, 0.15) is 11.6 Å². The fourth-order valence-electron chi connectivity index (χ4n) is 1.05. The number of hydrogen-bond acceptors (Lipinski definition) is 3. The smallest absolute Gasteiger partial charge is 0.320 e. The number of amides is 2. The van der Waals surface area contributed by atoms with E-state index in [-0.39, 0.29) is 11.8 Å². The Hall–Kier alpha value is -1.91. The lowest BCUT2D eigenvalue weighted by Crippen LogP contribution is -2.30. The Morgan fingerprint density at radius 2 is 2.12 bits per heavy atom. The Morgan fingerprint density at radius 1 is 1.38 bits per heavy atom. The SMILES string of the molecule is CC(=O)CCNC(=O)Nc1ccc(C)cn1. The van der Waals surface area contributed by atoms with Crippen molar-refractivity contribution in [2.75, 3.05) is 11.9 Å².